The maximum Gasteiger partial charge on any atom is 0.254 e. The van der Waals surface area contributed by atoms with E-state index in [0.717, 1.165) is 58.0 Å². The molecule has 0 spiro atoms. The second-order valence-electron chi connectivity index (χ2n) is 10.7. The first-order chi connectivity index (χ1) is 17.7. The standard InChI is InChI=1S/C29H32N4O4/c1-15-12-32(13-16(2)36-15)29(35)20-7-8-22-23-9-21(26-17(3)31-37-18(26)4)10-24(28(30)34)27(23)33(25(22)11-20)14-19-5-6-19/h7-11,15-16,19H,5-6,12-14H2,1-4H3,(H2,30,34). The molecule has 1 saturated carbocycles. The summed E-state index contributed by atoms with van der Waals surface area (Å²) in [5, 5.41) is 6.03. The predicted octanol–water partition coefficient (Wildman–Crippen LogP) is 4.82. The van der Waals surface area contributed by atoms with Crippen molar-refractivity contribution in [2.75, 3.05) is 13.1 Å². The Balaban J connectivity index is 1.56. The van der Waals surface area contributed by atoms with Gasteiger partial charge in [0, 0.05) is 47.1 Å². The van der Waals surface area contributed by atoms with Gasteiger partial charge in [0.2, 0.25) is 0 Å². The summed E-state index contributed by atoms with van der Waals surface area (Å²) < 4.78 is 13.4. The van der Waals surface area contributed by atoms with Crippen LogP contribution in [0.15, 0.2) is 34.9 Å². The number of nitrogens with zero attached hydrogens (tertiary/aromatic N) is 3. The van der Waals surface area contributed by atoms with Gasteiger partial charge in [-0.1, -0.05) is 11.2 Å². The molecular weight excluding hydrogens is 468 g/mol. The number of aryl methyl sites for hydroxylation is 2. The SMILES string of the molecule is Cc1noc(C)c1-c1cc(C(N)=O)c2c(c1)c1ccc(C(=O)N3CC(C)OC(C)C3)cc1n2CC1CC1. The Bertz CT molecular complexity index is 1530. The van der Waals surface area contributed by atoms with E-state index in [9.17, 15) is 9.59 Å². The van der Waals surface area contributed by atoms with E-state index in [4.69, 9.17) is 15.0 Å². The summed E-state index contributed by atoms with van der Waals surface area (Å²) in [4.78, 5) is 28.2. The van der Waals surface area contributed by atoms with Crippen LogP contribution in [0, 0.1) is 19.8 Å². The van der Waals surface area contributed by atoms with Crippen LogP contribution < -0.4 is 5.73 Å². The maximum absolute atomic E-state index is 13.5. The number of carbonyl (C=O) groups excluding carboxylic acids is 2. The maximum atomic E-state index is 13.5. The van der Waals surface area contributed by atoms with E-state index in [0.29, 0.717) is 35.9 Å². The lowest BCUT2D eigenvalue weighted by atomic mass is 9.97. The first kappa shape index (κ1) is 23.7. The zero-order chi connectivity index (χ0) is 26.0. The number of morpholine rings is 1. The number of primary amides is 1. The van der Waals surface area contributed by atoms with Gasteiger partial charge in [0.05, 0.1) is 29.0 Å². The van der Waals surface area contributed by atoms with E-state index >= 15 is 0 Å². The molecule has 192 valence electrons. The van der Waals surface area contributed by atoms with Crippen molar-refractivity contribution in [3.63, 3.8) is 0 Å². The number of rotatable bonds is 5. The molecule has 8 heteroatoms. The molecular formula is C29H32N4O4. The number of benzene rings is 2. The van der Waals surface area contributed by atoms with Crippen molar-refractivity contribution in [2.45, 2.75) is 59.3 Å². The van der Waals surface area contributed by atoms with E-state index in [1.165, 1.54) is 0 Å². The molecule has 37 heavy (non-hydrogen) atoms. The Kier molecular flexibility index (Phi) is 5.60. The number of hydrogen-bond donors (Lipinski definition) is 1. The monoisotopic (exact) mass is 500 g/mol. The molecule has 0 bridgehead atoms. The predicted molar refractivity (Wildman–Crippen MR) is 142 cm³/mol. The molecule has 2 aromatic carbocycles. The highest BCUT2D eigenvalue weighted by Crippen LogP contribution is 2.40. The third-order valence-corrected chi connectivity index (χ3v) is 7.64. The number of aromatic nitrogens is 2. The lowest BCUT2D eigenvalue weighted by Gasteiger charge is -2.35. The second kappa shape index (κ2) is 8.73. The third kappa shape index (κ3) is 4.09. The van der Waals surface area contributed by atoms with Gasteiger partial charge in [-0.05, 0) is 76.3 Å². The number of carbonyl (C=O) groups is 2. The van der Waals surface area contributed by atoms with E-state index in [1.807, 2.05) is 56.9 Å². The summed E-state index contributed by atoms with van der Waals surface area (Å²) in [6.07, 6.45) is 2.32. The number of nitrogens with two attached hydrogens (primary N) is 1. The lowest BCUT2D eigenvalue weighted by Crippen LogP contribution is -2.48. The molecule has 0 radical (unpaired) electrons. The van der Waals surface area contributed by atoms with Crippen LogP contribution >= 0.6 is 0 Å². The first-order valence-corrected chi connectivity index (χ1v) is 13.0. The molecule has 2 unspecified atom stereocenters. The topological polar surface area (TPSA) is 104 Å². The fourth-order valence-electron chi connectivity index (χ4n) is 5.87. The molecule has 2 N–H and O–H groups in total. The van der Waals surface area contributed by atoms with Gasteiger partial charge in [-0.25, -0.2) is 0 Å². The van der Waals surface area contributed by atoms with Crippen LogP contribution in [-0.4, -0.2) is 51.7 Å². The van der Waals surface area contributed by atoms with Crippen LogP contribution in [0.5, 0.6) is 0 Å². The quantitative estimate of drug-likeness (QED) is 0.423. The molecule has 2 atom stereocenters. The van der Waals surface area contributed by atoms with E-state index in [-0.39, 0.29) is 18.1 Å². The Morgan fingerprint density at radius 3 is 2.41 bits per heavy atom. The van der Waals surface area contributed by atoms with Crippen LogP contribution in [0.1, 0.15) is 58.9 Å². The Labute approximate surface area is 215 Å². The van der Waals surface area contributed by atoms with Crippen LogP contribution in [0.3, 0.4) is 0 Å². The van der Waals surface area contributed by atoms with E-state index in [2.05, 4.69) is 15.8 Å². The Morgan fingerprint density at radius 1 is 1.05 bits per heavy atom. The Morgan fingerprint density at radius 2 is 1.78 bits per heavy atom. The average Bonchev–Trinajstić information content (AvgIpc) is 3.55. The van der Waals surface area contributed by atoms with Crippen molar-refractivity contribution in [1.82, 2.24) is 14.6 Å². The third-order valence-electron chi connectivity index (χ3n) is 7.64. The summed E-state index contributed by atoms with van der Waals surface area (Å²) in [6.45, 7) is 9.67. The van der Waals surface area contributed by atoms with Crippen molar-refractivity contribution < 1.29 is 18.8 Å². The van der Waals surface area contributed by atoms with Gasteiger partial charge < -0.3 is 24.5 Å². The van der Waals surface area contributed by atoms with Gasteiger partial charge in [0.25, 0.3) is 11.8 Å². The van der Waals surface area contributed by atoms with Crippen molar-refractivity contribution >= 4 is 33.6 Å². The van der Waals surface area contributed by atoms with Crippen molar-refractivity contribution in [1.29, 1.82) is 0 Å². The van der Waals surface area contributed by atoms with Gasteiger partial charge >= 0.3 is 0 Å². The molecule has 3 heterocycles. The van der Waals surface area contributed by atoms with E-state index < -0.39 is 5.91 Å². The normalized spacial score (nSPS) is 20.2. The number of ether oxygens (including phenoxy) is 1. The summed E-state index contributed by atoms with van der Waals surface area (Å²) in [5.41, 5.74) is 11.3. The molecule has 1 aliphatic heterocycles. The molecule has 1 saturated heterocycles. The van der Waals surface area contributed by atoms with Gasteiger partial charge in [-0.15, -0.1) is 0 Å². The van der Waals surface area contributed by atoms with Crippen molar-refractivity contribution in [3.05, 3.63) is 52.9 Å². The summed E-state index contributed by atoms with van der Waals surface area (Å²) in [5.74, 6) is 0.766. The minimum absolute atomic E-state index is 0.00124. The second-order valence-corrected chi connectivity index (χ2v) is 10.7. The van der Waals surface area contributed by atoms with Crippen molar-refractivity contribution in [2.24, 2.45) is 11.7 Å². The first-order valence-electron chi connectivity index (χ1n) is 13.0. The van der Waals surface area contributed by atoms with Crippen LogP contribution in [-0.2, 0) is 11.3 Å². The summed E-state index contributed by atoms with van der Waals surface area (Å²) in [7, 11) is 0. The van der Waals surface area contributed by atoms with Crippen LogP contribution in [0.4, 0.5) is 0 Å². The van der Waals surface area contributed by atoms with Crippen LogP contribution in [0.25, 0.3) is 32.9 Å². The summed E-state index contributed by atoms with van der Waals surface area (Å²) >= 11 is 0. The highest BCUT2D eigenvalue weighted by molar-refractivity contribution is 6.17. The molecule has 8 nitrogen and oxygen atoms in total. The van der Waals surface area contributed by atoms with Gasteiger partial charge in [0.15, 0.2) is 0 Å². The molecule has 2 aromatic heterocycles. The number of hydrogen-bond acceptors (Lipinski definition) is 5. The molecule has 1 aliphatic carbocycles. The fourth-order valence-corrected chi connectivity index (χ4v) is 5.87. The fraction of sp³-hybridized carbons (Fsp3) is 0.414. The van der Waals surface area contributed by atoms with Crippen LogP contribution in [0.2, 0.25) is 0 Å². The van der Waals surface area contributed by atoms with Crippen molar-refractivity contribution in [3.8, 4) is 11.1 Å². The number of amides is 2. The minimum atomic E-state index is -0.481. The van der Waals surface area contributed by atoms with Gasteiger partial charge in [-0.2, -0.15) is 0 Å². The zero-order valence-electron chi connectivity index (χ0n) is 21.7. The smallest absolute Gasteiger partial charge is 0.254 e. The largest absolute Gasteiger partial charge is 0.372 e. The highest BCUT2D eigenvalue weighted by Gasteiger charge is 2.29. The molecule has 6 rings (SSSR count). The highest BCUT2D eigenvalue weighted by atomic mass is 16.5. The molecule has 2 aliphatic rings. The minimum Gasteiger partial charge on any atom is -0.372 e. The van der Waals surface area contributed by atoms with E-state index in [1.54, 1.807) is 0 Å². The number of fused-ring (bicyclic) bond motifs is 3. The summed E-state index contributed by atoms with van der Waals surface area (Å²) in [6, 6.07) is 9.81. The average molecular weight is 501 g/mol. The van der Waals surface area contributed by atoms with Gasteiger partial charge in [-0.3, -0.25) is 9.59 Å². The molecule has 2 fully saturated rings. The zero-order valence-corrected chi connectivity index (χ0v) is 21.7. The molecule has 2 amide bonds. The lowest BCUT2D eigenvalue weighted by molar-refractivity contribution is -0.0586. The van der Waals surface area contributed by atoms with Gasteiger partial charge in [0.1, 0.15) is 5.76 Å². The Hall–Kier alpha value is -3.65. The molecule has 4 aromatic rings.